The molecule has 11 rings (SSSR count). The van der Waals surface area contributed by atoms with Crippen LogP contribution in [-0.2, 0) is 21.1 Å². The Morgan fingerprint density at radius 3 is 2.08 bits per heavy atom. The van der Waals surface area contributed by atoms with Crippen LogP contribution in [0.3, 0.4) is 0 Å². The van der Waals surface area contributed by atoms with E-state index in [4.69, 9.17) is 14.4 Å². The minimum atomic E-state index is -2.40. The van der Waals surface area contributed by atoms with Crippen molar-refractivity contribution in [3.8, 4) is 16.9 Å². The Morgan fingerprint density at radius 2 is 1.33 bits per heavy atom. The van der Waals surface area contributed by atoms with Gasteiger partial charge in [-0.05, 0) is 0 Å². The molecule has 0 aliphatic rings. The second kappa shape index (κ2) is 12.4. The number of aromatic nitrogens is 4. The van der Waals surface area contributed by atoms with Gasteiger partial charge in [0.25, 0.3) is 0 Å². The maximum absolute atomic E-state index is 6.18. The van der Waals surface area contributed by atoms with Crippen LogP contribution in [-0.4, -0.2) is 32.6 Å². The van der Waals surface area contributed by atoms with Crippen LogP contribution in [0, 0.1) is 6.07 Å². The van der Waals surface area contributed by atoms with Gasteiger partial charge in [0.2, 0.25) is 0 Å². The van der Waals surface area contributed by atoms with Gasteiger partial charge >= 0.3 is 284 Å². The molecular formula is C44H26GeN4OPtS-. The quantitative estimate of drug-likeness (QED) is 0.128. The van der Waals surface area contributed by atoms with Crippen LogP contribution in [0.2, 0.25) is 0 Å². The molecule has 0 N–H and O–H groups in total. The summed E-state index contributed by atoms with van der Waals surface area (Å²) in [6.45, 7) is 0. The number of hydrogen-bond donors (Lipinski definition) is 0. The standard InChI is InChI=1S/C44H26GeN4OS.Pt/c1-4-14-28(15-5-1)34-24-25-38-40(46-34)37(27-50-38)48-35-22-12-10-20-31(35)33-26-39-41(47-44(33)48)42-43(51-39)32-21-11-13-23-36(32)49(42)45(29-16-6-2-7-17-29)30-18-8-3-9-19-30;/h1-14,16-27H;/q-1;. The number of fused-ring (bicyclic) bond motifs is 9. The molecule has 6 aromatic heterocycles. The molecule has 0 fully saturated rings. The number of thiophene rings is 1. The molecule has 0 spiro atoms. The molecule has 5 aromatic carbocycles. The first kappa shape index (κ1) is 31.5. The third-order valence-corrected chi connectivity index (χ3v) is 16.6. The summed E-state index contributed by atoms with van der Waals surface area (Å²) in [5.41, 5.74) is 9.66. The molecule has 0 saturated heterocycles. The van der Waals surface area contributed by atoms with Crippen molar-refractivity contribution in [2.45, 2.75) is 0 Å². The fourth-order valence-corrected chi connectivity index (χ4v) is 14.7. The van der Waals surface area contributed by atoms with E-state index < -0.39 is 14.6 Å². The normalized spacial score (nSPS) is 11.9. The molecule has 0 atom stereocenters. The Labute approximate surface area is 321 Å². The molecule has 0 unspecified atom stereocenters. The van der Waals surface area contributed by atoms with Crippen molar-refractivity contribution >= 4 is 99.1 Å². The van der Waals surface area contributed by atoms with Crippen LogP contribution >= 0.6 is 11.3 Å². The zero-order chi connectivity index (χ0) is 33.5. The van der Waals surface area contributed by atoms with Crippen molar-refractivity contribution in [3.63, 3.8) is 0 Å². The fourth-order valence-electron chi connectivity index (χ4n) is 7.60. The molecule has 0 aliphatic carbocycles. The molecule has 5 nitrogen and oxygen atoms in total. The number of para-hydroxylation sites is 2. The predicted octanol–water partition coefficient (Wildman–Crippen LogP) is 9.76. The van der Waals surface area contributed by atoms with Crippen LogP contribution in [0.1, 0.15) is 0 Å². The number of furan rings is 1. The van der Waals surface area contributed by atoms with Crippen molar-refractivity contribution in [1.82, 2.24) is 18.1 Å². The van der Waals surface area contributed by atoms with Gasteiger partial charge in [-0.25, -0.2) is 0 Å². The third kappa shape index (κ3) is 4.71. The van der Waals surface area contributed by atoms with Crippen LogP contribution in [0.4, 0.5) is 0 Å². The summed E-state index contributed by atoms with van der Waals surface area (Å²) in [4.78, 5) is 10.8. The summed E-state index contributed by atoms with van der Waals surface area (Å²) in [6, 6.07) is 57.2. The molecule has 0 bridgehead atoms. The average molecular weight is 926 g/mol. The molecule has 6 heterocycles. The van der Waals surface area contributed by atoms with Gasteiger partial charge in [0.05, 0.1) is 0 Å². The van der Waals surface area contributed by atoms with E-state index in [0.29, 0.717) is 0 Å². The second-order valence-electron chi connectivity index (χ2n) is 12.7. The topological polar surface area (TPSA) is 48.8 Å². The minimum absolute atomic E-state index is 0. The Morgan fingerprint density at radius 1 is 0.635 bits per heavy atom. The summed E-state index contributed by atoms with van der Waals surface area (Å²) >= 11 is -0.547. The summed E-state index contributed by atoms with van der Waals surface area (Å²) < 4.78 is 16.3. The average Bonchev–Trinajstić information content (AvgIpc) is 3.94. The van der Waals surface area contributed by atoms with Crippen molar-refractivity contribution in [1.29, 1.82) is 0 Å². The summed E-state index contributed by atoms with van der Waals surface area (Å²) in [5.74, 6) is 0. The Balaban J connectivity index is 0.00000338. The van der Waals surface area contributed by atoms with E-state index in [1.807, 2.05) is 54.0 Å². The first-order valence-electron chi connectivity index (χ1n) is 16.9. The SMILES string of the molecule is [Pt].[c-]1ccccc1-c1ccc2occ(-n3c4ccccc4c4cc5sc6c7ccccc7[n]([Ge]([c]7ccccc7)[c]7ccccc7)c6c5nc43)c2n1. The van der Waals surface area contributed by atoms with Gasteiger partial charge in [-0.1, -0.05) is 0 Å². The van der Waals surface area contributed by atoms with Gasteiger partial charge in [-0.15, -0.1) is 18.2 Å². The van der Waals surface area contributed by atoms with Crippen LogP contribution in [0.25, 0.3) is 81.3 Å². The Hall–Kier alpha value is -5.27. The van der Waals surface area contributed by atoms with E-state index in [9.17, 15) is 0 Å². The zero-order valence-electron chi connectivity index (χ0n) is 27.4. The maximum atomic E-state index is 6.18. The molecule has 8 heteroatoms. The number of rotatable bonds is 5. The van der Waals surface area contributed by atoms with Gasteiger partial charge in [0.15, 0.2) is 0 Å². The van der Waals surface area contributed by atoms with E-state index in [2.05, 4.69) is 129 Å². The van der Waals surface area contributed by atoms with Crippen LogP contribution in [0.5, 0.6) is 0 Å². The fraction of sp³-hybridized carbons (Fsp3) is 0. The van der Waals surface area contributed by atoms with E-state index >= 15 is 0 Å². The molecule has 0 amide bonds. The predicted molar refractivity (Wildman–Crippen MR) is 212 cm³/mol. The van der Waals surface area contributed by atoms with Crippen LogP contribution < -0.4 is 8.79 Å². The monoisotopic (exact) mass is 927 g/mol. The summed E-state index contributed by atoms with van der Waals surface area (Å²) in [6.07, 6.45) is 1.82. The molecular weight excluding hydrogens is 900 g/mol. The molecule has 52 heavy (non-hydrogen) atoms. The zero-order valence-corrected chi connectivity index (χ0v) is 32.6. The molecule has 0 saturated carbocycles. The molecule has 1 radical (unpaired) electrons. The van der Waals surface area contributed by atoms with Gasteiger partial charge in [-0.3, -0.25) is 0 Å². The van der Waals surface area contributed by atoms with Gasteiger partial charge in [0.1, 0.15) is 0 Å². The van der Waals surface area contributed by atoms with Crippen LogP contribution in [0.15, 0.2) is 162 Å². The number of hydrogen-bond acceptors (Lipinski definition) is 4. The summed E-state index contributed by atoms with van der Waals surface area (Å²) in [5, 5.41) is 3.54. The van der Waals surface area contributed by atoms with E-state index in [0.717, 1.165) is 55.5 Å². The molecule has 249 valence electrons. The van der Waals surface area contributed by atoms with E-state index in [1.54, 1.807) is 0 Å². The van der Waals surface area contributed by atoms with E-state index in [1.165, 1.54) is 34.6 Å². The number of pyridine rings is 2. The van der Waals surface area contributed by atoms with Crippen molar-refractivity contribution in [3.05, 3.63) is 164 Å². The number of nitrogens with zero attached hydrogens (tertiary/aromatic N) is 4. The first-order chi connectivity index (χ1) is 25.3. The van der Waals surface area contributed by atoms with Crippen molar-refractivity contribution in [2.75, 3.05) is 0 Å². The molecule has 11 aromatic rings. The number of benzene rings is 5. The van der Waals surface area contributed by atoms with Gasteiger partial charge < -0.3 is 0 Å². The van der Waals surface area contributed by atoms with Crippen molar-refractivity contribution < 1.29 is 25.5 Å². The third-order valence-electron chi connectivity index (χ3n) is 9.82. The first-order valence-corrected chi connectivity index (χ1v) is 20.8. The Bertz CT molecular complexity index is 3060. The van der Waals surface area contributed by atoms with E-state index in [-0.39, 0.29) is 21.1 Å². The van der Waals surface area contributed by atoms with Gasteiger partial charge in [-0.2, -0.15) is 0 Å². The summed E-state index contributed by atoms with van der Waals surface area (Å²) in [7, 11) is 0. The Kier molecular flexibility index (Phi) is 7.53. The second-order valence-corrected chi connectivity index (χ2v) is 18.6. The van der Waals surface area contributed by atoms with Gasteiger partial charge in [0, 0.05) is 21.1 Å². The van der Waals surface area contributed by atoms with Crippen molar-refractivity contribution in [2.24, 2.45) is 0 Å². The molecule has 0 aliphatic heterocycles.